The molecule has 0 atom stereocenters. The summed E-state index contributed by atoms with van der Waals surface area (Å²) in [5.74, 6) is 0.597. The third-order valence-corrected chi connectivity index (χ3v) is 2.44. The lowest BCUT2D eigenvalue weighted by molar-refractivity contribution is 0.600. The molecule has 0 unspecified atom stereocenters. The van der Waals surface area contributed by atoms with Crippen molar-refractivity contribution in [1.29, 1.82) is 0 Å². The predicted molar refractivity (Wildman–Crippen MR) is 54.7 cm³/mol. The number of aromatic nitrogens is 4. The molecule has 0 radical (unpaired) electrons. The Balaban J connectivity index is 2.41. The van der Waals surface area contributed by atoms with E-state index in [4.69, 9.17) is 0 Å². The van der Waals surface area contributed by atoms with E-state index in [1.54, 1.807) is 4.57 Å². The highest BCUT2D eigenvalue weighted by Gasteiger charge is 2.14. The Morgan fingerprint density at radius 3 is 3.13 bits per heavy atom. The first-order valence-corrected chi connectivity index (χ1v) is 4.82. The first kappa shape index (κ1) is 8.34. The van der Waals surface area contributed by atoms with Crippen molar-refractivity contribution >= 4 is 17.1 Å². The fourth-order valence-corrected chi connectivity index (χ4v) is 1.73. The van der Waals surface area contributed by atoms with Gasteiger partial charge in [0.1, 0.15) is 0 Å². The second-order valence-corrected chi connectivity index (χ2v) is 3.40. The molecule has 0 spiro atoms. The smallest absolute Gasteiger partial charge is 0.283 e. The maximum Gasteiger partial charge on any atom is 0.283 e. The van der Waals surface area contributed by atoms with Crippen molar-refractivity contribution in [1.82, 2.24) is 19.5 Å². The number of nitrogens with zero attached hydrogens (tertiary/aromatic N) is 4. The van der Waals surface area contributed by atoms with Crippen LogP contribution in [0.15, 0.2) is 17.2 Å². The summed E-state index contributed by atoms with van der Waals surface area (Å²) in [7, 11) is 0. The zero-order chi connectivity index (χ0) is 10.3. The molecule has 0 bridgehead atoms. The van der Waals surface area contributed by atoms with Crippen molar-refractivity contribution in [3.05, 3.63) is 22.7 Å². The van der Waals surface area contributed by atoms with E-state index >= 15 is 0 Å². The first-order chi connectivity index (χ1) is 7.36. The normalized spacial score (nSPS) is 14.7. The minimum atomic E-state index is -0.115. The van der Waals surface area contributed by atoms with Gasteiger partial charge in [0.25, 0.3) is 5.56 Å². The van der Waals surface area contributed by atoms with Crippen molar-refractivity contribution in [2.75, 3.05) is 11.9 Å². The Morgan fingerprint density at radius 2 is 2.20 bits per heavy atom. The number of hydrogen-bond donors (Lipinski definition) is 1. The lowest BCUT2D eigenvalue weighted by Gasteiger charge is -2.18. The Hall–Kier alpha value is -1.98. The molecule has 15 heavy (non-hydrogen) atoms. The van der Waals surface area contributed by atoms with E-state index in [9.17, 15) is 4.79 Å². The number of rotatable bonds is 0. The van der Waals surface area contributed by atoms with Crippen molar-refractivity contribution < 1.29 is 0 Å². The Kier molecular flexibility index (Phi) is 1.67. The average molecular weight is 203 g/mol. The van der Waals surface area contributed by atoms with Crippen LogP contribution in [-0.2, 0) is 6.54 Å². The summed E-state index contributed by atoms with van der Waals surface area (Å²) < 4.78 is 1.61. The molecule has 0 amide bonds. The van der Waals surface area contributed by atoms with E-state index in [2.05, 4.69) is 20.3 Å². The second-order valence-electron chi connectivity index (χ2n) is 3.40. The van der Waals surface area contributed by atoms with Gasteiger partial charge in [-0.3, -0.25) is 9.36 Å². The minimum absolute atomic E-state index is 0.115. The summed E-state index contributed by atoms with van der Waals surface area (Å²) in [6, 6.07) is 0. The molecule has 2 aromatic rings. The molecule has 0 saturated carbocycles. The van der Waals surface area contributed by atoms with Gasteiger partial charge in [0, 0.05) is 25.5 Å². The summed E-state index contributed by atoms with van der Waals surface area (Å²) in [6.45, 7) is 1.54. The molecule has 3 heterocycles. The van der Waals surface area contributed by atoms with Gasteiger partial charge in [-0.05, 0) is 6.42 Å². The maximum absolute atomic E-state index is 12.0. The summed E-state index contributed by atoms with van der Waals surface area (Å²) in [6.07, 6.45) is 3.98. The topological polar surface area (TPSA) is 72.7 Å². The molecule has 6 nitrogen and oxygen atoms in total. The van der Waals surface area contributed by atoms with Crippen LogP contribution in [0.1, 0.15) is 6.42 Å². The molecule has 0 aromatic carbocycles. The molecular formula is C9H9N5O. The van der Waals surface area contributed by atoms with Crippen LogP contribution in [0.2, 0.25) is 0 Å². The van der Waals surface area contributed by atoms with Crippen LogP contribution >= 0.6 is 0 Å². The van der Waals surface area contributed by atoms with Gasteiger partial charge in [-0.2, -0.15) is 4.98 Å². The predicted octanol–water partition coefficient (Wildman–Crippen LogP) is 0.00210. The maximum atomic E-state index is 12.0. The van der Waals surface area contributed by atoms with E-state index in [1.807, 2.05) is 0 Å². The fraction of sp³-hybridized carbons (Fsp3) is 0.333. The lowest BCUT2D eigenvalue weighted by atomic mass is 10.3. The summed E-state index contributed by atoms with van der Waals surface area (Å²) in [4.78, 5) is 24.2. The van der Waals surface area contributed by atoms with Crippen LogP contribution in [-0.4, -0.2) is 26.1 Å². The van der Waals surface area contributed by atoms with Crippen LogP contribution in [0.3, 0.4) is 0 Å². The van der Waals surface area contributed by atoms with Gasteiger partial charge in [-0.1, -0.05) is 0 Å². The van der Waals surface area contributed by atoms with Crippen LogP contribution in [0, 0.1) is 0 Å². The number of nitrogens with one attached hydrogen (secondary N) is 1. The molecule has 76 valence electrons. The van der Waals surface area contributed by atoms with Crippen molar-refractivity contribution in [3.8, 4) is 0 Å². The highest BCUT2D eigenvalue weighted by atomic mass is 16.1. The van der Waals surface area contributed by atoms with Gasteiger partial charge in [-0.25, -0.2) is 9.97 Å². The van der Waals surface area contributed by atoms with E-state index in [-0.39, 0.29) is 5.56 Å². The molecule has 6 heteroatoms. The zero-order valence-electron chi connectivity index (χ0n) is 7.97. The fourth-order valence-electron chi connectivity index (χ4n) is 1.73. The molecular weight excluding hydrogens is 194 g/mol. The third kappa shape index (κ3) is 1.18. The number of anilines is 1. The summed E-state index contributed by atoms with van der Waals surface area (Å²) in [5, 5.41) is 3.08. The van der Waals surface area contributed by atoms with Gasteiger partial charge in [0.05, 0.1) is 0 Å². The standard InChI is InChI=1S/C9H9N5O/c15-8-6-7(11-4-3-10-6)13-9-12-2-1-5-14(8)9/h3-4H,1-2,5H2,(H,11,12,13). The molecule has 0 saturated heterocycles. The Bertz CT molecular complexity index is 576. The summed E-state index contributed by atoms with van der Waals surface area (Å²) >= 11 is 0. The SMILES string of the molecule is O=c1c2nccnc2nc2n1CCCN2. The van der Waals surface area contributed by atoms with Gasteiger partial charge in [0.15, 0.2) is 11.2 Å². The van der Waals surface area contributed by atoms with Gasteiger partial charge >= 0.3 is 0 Å². The first-order valence-electron chi connectivity index (χ1n) is 4.82. The van der Waals surface area contributed by atoms with Crippen LogP contribution in [0.5, 0.6) is 0 Å². The molecule has 1 aliphatic heterocycles. The molecule has 0 aliphatic carbocycles. The van der Waals surface area contributed by atoms with Crippen molar-refractivity contribution in [2.45, 2.75) is 13.0 Å². The molecule has 3 rings (SSSR count). The van der Waals surface area contributed by atoms with Crippen LogP contribution in [0.25, 0.3) is 11.2 Å². The summed E-state index contributed by atoms with van der Waals surface area (Å²) in [5.41, 5.74) is 0.628. The molecule has 0 fully saturated rings. The number of hydrogen-bond acceptors (Lipinski definition) is 5. The zero-order valence-corrected chi connectivity index (χ0v) is 7.97. The highest BCUT2D eigenvalue weighted by molar-refractivity contribution is 5.69. The van der Waals surface area contributed by atoms with Gasteiger partial charge < -0.3 is 5.32 Å². The number of fused-ring (bicyclic) bond motifs is 2. The highest BCUT2D eigenvalue weighted by Crippen LogP contribution is 2.10. The van der Waals surface area contributed by atoms with Gasteiger partial charge in [0.2, 0.25) is 5.95 Å². The van der Waals surface area contributed by atoms with Gasteiger partial charge in [-0.15, -0.1) is 0 Å². The third-order valence-electron chi connectivity index (χ3n) is 2.44. The lowest BCUT2D eigenvalue weighted by Crippen LogP contribution is -2.30. The second kappa shape index (κ2) is 3.01. The largest absolute Gasteiger partial charge is 0.355 e. The Labute approximate surface area is 85.0 Å². The monoisotopic (exact) mass is 203 g/mol. The quantitative estimate of drug-likeness (QED) is 0.652. The van der Waals surface area contributed by atoms with E-state index in [0.29, 0.717) is 23.7 Å². The molecule has 2 aromatic heterocycles. The van der Waals surface area contributed by atoms with Crippen molar-refractivity contribution in [2.24, 2.45) is 0 Å². The molecule has 1 aliphatic rings. The van der Waals surface area contributed by atoms with E-state index < -0.39 is 0 Å². The molecule has 1 N–H and O–H groups in total. The van der Waals surface area contributed by atoms with E-state index in [1.165, 1.54) is 12.4 Å². The van der Waals surface area contributed by atoms with E-state index in [0.717, 1.165) is 13.0 Å². The van der Waals surface area contributed by atoms with Crippen LogP contribution < -0.4 is 10.9 Å². The average Bonchev–Trinajstić information content (AvgIpc) is 2.30. The van der Waals surface area contributed by atoms with Crippen LogP contribution in [0.4, 0.5) is 5.95 Å². The minimum Gasteiger partial charge on any atom is -0.355 e. The Morgan fingerprint density at radius 1 is 1.33 bits per heavy atom. The van der Waals surface area contributed by atoms with Crippen molar-refractivity contribution in [3.63, 3.8) is 0 Å².